The molecule has 0 atom stereocenters. The van der Waals surface area contributed by atoms with Crippen LogP contribution in [0.2, 0.25) is 0 Å². The summed E-state index contributed by atoms with van der Waals surface area (Å²) in [4.78, 5) is 28.2. The molecule has 0 unspecified atom stereocenters. The maximum atomic E-state index is 6.27. The van der Waals surface area contributed by atoms with Crippen molar-refractivity contribution >= 4 is 0 Å². The SMILES string of the molecule is c1ccc(CN2CCOCCN(Cc3ccccn3)CCN(Cc3ccccn3)CCOCCN(Cc3ccccn3)CC2)nc1. The van der Waals surface area contributed by atoms with Gasteiger partial charge in [0.25, 0.3) is 0 Å². The Balaban J connectivity index is 1.26. The van der Waals surface area contributed by atoms with Gasteiger partial charge in [-0.15, -0.1) is 0 Å². The summed E-state index contributed by atoms with van der Waals surface area (Å²) in [6, 6.07) is 24.5. The maximum Gasteiger partial charge on any atom is 0.0594 e. The normalized spacial score (nSPS) is 18.1. The molecule has 0 saturated carbocycles. The molecule has 0 aliphatic carbocycles. The molecule has 4 aromatic heterocycles. The fraction of sp³-hybridized carbons (Fsp3) is 0.444. The van der Waals surface area contributed by atoms with Crippen LogP contribution in [-0.4, -0.2) is 118 Å². The Morgan fingerprint density at radius 2 is 0.630 bits per heavy atom. The summed E-state index contributed by atoms with van der Waals surface area (Å²) >= 11 is 0. The van der Waals surface area contributed by atoms with E-state index < -0.39 is 0 Å². The molecule has 10 nitrogen and oxygen atoms in total. The van der Waals surface area contributed by atoms with Crippen molar-refractivity contribution in [1.29, 1.82) is 0 Å². The minimum atomic E-state index is 0.666. The van der Waals surface area contributed by atoms with Crippen molar-refractivity contribution in [3.63, 3.8) is 0 Å². The molecule has 0 spiro atoms. The average molecular weight is 625 g/mol. The van der Waals surface area contributed by atoms with Crippen molar-refractivity contribution in [2.24, 2.45) is 0 Å². The molecule has 1 aliphatic heterocycles. The first-order chi connectivity index (χ1) is 22.8. The van der Waals surface area contributed by atoms with Crippen LogP contribution in [0.25, 0.3) is 0 Å². The third-order valence-electron chi connectivity index (χ3n) is 8.12. The van der Waals surface area contributed by atoms with Crippen molar-refractivity contribution in [3.8, 4) is 0 Å². The monoisotopic (exact) mass is 624 g/mol. The minimum Gasteiger partial charge on any atom is -0.379 e. The van der Waals surface area contributed by atoms with E-state index in [-0.39, 0.29) is 0 Å². The van der Waals surface area contributed by atoms with E-state index in [4.69, 9.17) is 9.47 Å². The fourth-order valence-corrected chi connectivity index (χ4v) is 5.51. The molecule has 0 aromatic carbocycles. The summed E-state index contributed by atoms with van der Waals surface area (Å²) in [5.74, 6) is 0. The third-order valence-corrected chi connectivity index (χ3v) is 8.12. The van der Waals surface area contributed by atoms with Crippen molar-refractivity contribution < 1.29 is 9.47 Å². The van der Waals surface area contributed by atoms with Gasteiger partial charge in [0.05, 0.1) is 49.2 Å². The Morgan fingerprint density at radius 3 is 0.848 bits per heavy atom. The molecule has 0 amide bonds. The smallest absolute Gasteiger partial charge is 0.0594 e. The average Bonchev–Trinajstić information content (AvgIpc) is 3.10. The molecule has 46 heavy (non-hydrogen) atoms. The van der Waals surface area contributed by atoms with Gasteiger partial charge in [0, 0.05) is 103 Å². The van der Waals surface area contributed by atoms with Crippen LogP contribution < -0.4 is 0 Å². The summed E-state index contributed by atoms with van der Waals surface area (Å²) in [6.45, 7) is 12.8. The number of hydrogen-bond donors (Lipinski definition) is 0. The highest BCUT2D eigenvalue weighted by Crippen LogP contribution is 2.08. The van der Waals surface area contributed by atoms with Gasteiger partial charge in [-0.05, 0) is 48.5 Å². The lowest BCUT2D eigenvalue weighted by Crippen LogP contribution is -2.40. The standard InChI is InChI=1S/C36H48N8O2/c1-5-13-37-33(9-1)29-41-17-18-42(30-34-10-2-6-14-38-34)22-27-46-28-24-44(32-36-12-4-8-16-40-36)20-19-43(23-26-45-25-21-41)31-35-11-3-7-15-39-35/h1-16H,17-32H2. The first-order valence-electron chi connectivity index (χ1n) is 16.4. The quantitative estimate of drug-likeness (QED) is 0.290. The highest BCUT2D eigenvalue weighted by Gasteiger charge is 2.15. The number of ether oxygens (including phenoxy) is 2. The van der Waals surface area contributed by atoms with Crippen molar-refractivity contribution in [3.05, 3.63) is 120 Å². The van der Waals surface area contributed by atoms with E-state index in [9.17, 15) is 0 Å². The lowest BCUT2D eigenvalue weighted by Gasteiger charge is -2.29. The zero-order chi connectivity index (χ0) is 31.5. The van der Waals surface area contributed by atoms with E-state index in [1.807, 2.05) is 49.1 Å². The van der Waals surface area contributed by atoms with E-state index in [2.05, 4.69) is 88.1 Å². The summed E-state index contributed by atoms with van der Waals surface area (Å²) in [5.41, 5.74) is 4.28. The molecule has 4 aromatic rings. The Kier molecular flexibility index (Phi) is 14.5. The molecule has 1 saturated heterocycles. The van der Waals surface area contributed by atoms with Gasteiger partial charge in [-0.25, -0.2) is 0 Å². The minimum absolute atomic E-state index is 0.666. The van der Waals surface area contributed by atoms with E-state index in [0.29, 0.717) is 26.4 Å². The molecule has 0 bridgehead atoms. The lowest BCUT2D eigenvalue weighted by molar-refractivity contribution is 0.0536. The first kappa shape index (κ1) is 33.7. The van der Waals surface area contributed by atoms with Gasteiger partial charge in [0.2, 0.25) is 0 Å². The molecule has 0 radical (unpaired) electrons. The zero-order valence-corrected chi connectivity index (χ0v) is 26.9. The summed E-state index contributed by atoms with van der Waals surface area (Å²) < 4.78 is 12.5. The van der Waals surface area contributed by atoms with Gasteiger partial charge in [-0.1, -0.05) is 24.3 Å². The predicted octanol–water partition coefficient (Wildman–Crippen LogP) is 3.62. The summed E-state index contributed by atoms with van der Waals surface area (Å²) in [6.07, 6.45) is 7.47. The van der Waals surface area contributed by atoms with Gasteiger partial charge in [0.15, 0.2) is 0 Å². The van der Waals surface area contributed by atoms with Crippen LogP contribution in [0.4, 0.5) is 0 Å². The number of nitrogens with zero attached hydrogens (tertiary/aromatic N) is 8. The molecule has 1 fully saturated rings. The van der Waals surface area contributed by atoms with E-state index in [1.54, 1.807) is 0 Å². The van der Waals surface area contributed by atoms with Crippen LogP contribution in [-0.2, 0) is 35.7 Å². The summed E-state index contributed by atoms with van der Waals surface area (Å²) in [5, 5.41) is 0. The van der Waals surface area contributed by atoms with Gasteiger partial charge in [-0.3, -0.25) is 39.5 Å². The Morgan fingerprint density at radius 1 is 0.370 bits per heavy atom. The molecular formula is C36H48N8O2. The second-order valence-electron chi connectivity index (χ2n) is 11.6. The van der Waals surface area contributed by atoms with Crippen molar-refractivity contribution in [2.75, 3.05) is 78.8 Å². The maximum absolute atomic E-state index is 6.27. The lowest BCUT2D eigenvalue weighted by atomic mass is 10.3. The third kappa shape index (κ3) is 12.6. The predicted molar refractivity (Wildman–Crippen MR) is 180 cm³/mol. The number of pyridine rings is 4. The second kappa shape index (κ2) is 19.8. The molecule has 5 heterocycles. The van der Waals surface area contributed by atoms with Gasteiger partial charge < -0.3 is 9.47 Å². The molecular weight excluding hydrogens is 576 g/mol. The highest BCUT2D eigenvalue weighted by atomic mass is 16.5. The topological polar surface area (TPSA) is 83.0 Å². The highest BCUT2D eigenvalue weighted by molar-refractivity contribution is 5.06. The van der Waals surface area contributed by atoms with Gasteiger partial charge in [-0.2, -0.15) is 0 Å². The van der Waals surface area contributed by atoms with Crippen LogP contribution in [0.1, 0.15) is 22.8 Å². The molecule has 1 aliphatic rings. The first-order valence-corrected chi connectivity index (χ1v) is 16.4. The van der Waals surface area contributed by atoms with Gasteiger partial charge in [0.1, 0.15) is 0 Å². The molecule has 0 N–H and O–H groups in total. The van der Waals surface area contributed by atoms with Crippen LogP contribution >= 0.6 is 0 Å². The van der Waals surface area contributed by atoms with Gasteiger partial charge >= 0.3 is 0 Å². The van der Waals surface area contributed by atoms with E-state index in [0.717, 1.165) is 101 Å². The van der Waals surface area contributed by atoms with Crippen LogP contribution in [0.3, 0.4) is 0 Å². The fourth-order valence-electron chi connectivity index (χ4n) is 5.51. The Bertz CT molecular complexity index is 1130. The number of rotatable bonds is 8. The van der Waals surface area contributed by atoms with Crippen LogP contribution in [0.15, 0.2) is 97.6 Å². The number of aromatic nitrogens is 4. The van der Waals surface area contributed by atoms with Crippen molar-refractivity contribution in [1.82, 2.24) is 39.5 Å². The van der Waals surface area contributed by atoms with E-state index >= 15 is 0 Å². The van der Waals surface area contributed by atoms with E-state index in [1.165, 1.54) is 0 Å². The van der Waals surface area contributed by atoms with Crippen molar-refractivity contribution in [2.45, 2.75) is 26.2 Å². The Labute approximate surface area is 274 Å². The summed E-state index contributed by atoms with van der Waals surface area (Å²) in [7, 11) is 0. The second-order valence-corrected chi connectivity index (χ2v) is 11.6. The number of hydrogen-bond acceptors (Lipinski definition) is 10. The molecule has 10 heteroatoms. The van der Waals surface area contributed by atoms with Crippen LogP contribution in [0.5, 0.6) is 0 Å². The molecule has 244 valence electrons. The molecule has 5 rings (SSSR count). The zero-order valence-electron chi connectivity index (χ0n) is 26.9. The largest absolute Gasteiger partial charge is 0.379 e. The Hall–Kier alpha value is -3.64. The van der Waals surface area contributed by atoms with Crippen LogP contribution in [0, 0.1) is 0 Å².